The third kappa shape index (κ3) is 3.13. The summed E-state index contributed by atoms with van der Waals surface area (Å²) in [5.41, 5.74) is 2.29. The monoisotopic (exact) mass is 338 g/mol. The van der Waals surface area contributed by atoms with Crippen molar-refractivity contribution in [2.45, 2.75) is 17.3 Å². The van der Waals surface area contributed by atoms with Crippen molar-refractivity contribution in [3.05, 3.63) is 71.9 Å². The van der Waals surface area contributed by atoms with Crippen LogP contribution in [-0.4, -0.2) is 19.5 Å². The van der Waals surface area contributed by atoms with Gasteiger partial charge in [-0.2, -0.15) is 0 Å². The number of benzene rings is 1. The highest BCUT2D eigenvalue weighted by atomic mass is 32.2. The van der Waals surface area contributed by atoms with Crippen molar-refractivity contribution in [1.29, 1.82) is 0 Å². The molecule has 4 nitrogen and oxygen atoms in total. The molecule has 0 radical (unpaired) electrons. The molecule has 0 saturated heterocycles. The largest absolute Gasteiger partial charge is 0.330 e. The Morgan fingerprint density at radius 3 is 2.87 bits per heavy atom. The Morgan fingerprint density at radius 1 is 1.04 bits per heavy atom. The van der Waals surface area contributed by atoms with E-state index in [-0.39, 0.29) is 0 Å². The fourth-order valence-corrected chi connectivity index (χ4v) is 4.32. The Kier molecular flexibility index (Phi) is 4.08. The summed E-state index contributed by atoms with van der Waals surface area (Å²) >= 11 is 3.40. The number of hydrogen-bond donors (Lipinski definition) is 0. The van der Waals surface area contributed by atoms with Crippen LogP contribution in [-0.2, 0) is 12.3 Å². The highest BCUT2D eigenvalue weighted by molar-refractivity contribution is 7.98. The van der Waals surface area contributed by atoms with Crippen LogP contribution in [0.1, 0.15) is 11.4 Å². The molecule has 23 heavy (non-hydrogen) atoms. The van der Waals surface area contributed by atoms with Crippen molar-refractivity contribution in [2.24, 2.45) is 0 Å². The van der Waals surface area contributed by atoms with Gasteiger partial charge in [-0.1, -0.05) is 42.1 Å². The van der Waals surface area contributed by atoms with Crippen LogP contribution >= 0.6 is 23.1 Å². The minimum Gasteiger partial charge on any atom is -0.330 e. The molecule has 0 aliphatic rings. The number of nitrogens with zero attached hydrogens (tertiary/aromatic N) is 4. The first kappa shape index (κ1) is 14.4. The van der Waals surface area contributed by atoms with Crippen molar-refractivity contribution < 1.29 is 0 Å². The van der Waals surface area contributed by atoms with Crippen LogP contribution in [0.5, 0.6) is 0 Å². The van der Waals surface area contributed by atoms with Gasteiger partial charge >= 0.3 is 0 Å². The standard InChI is InChI=1S/C17H14N4S2/c1-2-4-13(5-3-1)10-21-8-7-18-15(21)11-23-17-16-14(6-9-22-16)19-12-20-17/h1-9,12H,10-11H2. The Morgan fingerprint density at radius 2 is 1.96 bits per heavy atom. The number of hydrogen-bond acceptors (Lipinski definition) is 5. The molecule has 4 rings (SSSR count). The lowest BCUT2D eigenvalue weighted by Crippen LogP contribution is -2.03. The van der Waals surface area contributed by atoms with Gasteiger partial charge in [-0.25, -0.2) is 15.0 Å². The quantitative estimate of drug-likeness (QED) is 0.403. The topological polar surface area (TPSA) is 43.6 Å². The third-order valence-electron chi connectivity index (χ3n) is 3.55. The van der Waals surface area contributed by atoms with Gasteiger partial charge in [0.15, 0.2) is 0 Å². The maximum absolute atomic E-state index is 4.50. The third-order valence-corrected chi connectivity index (χ3v) is 5.57. The minimum absolute atomic E-state index is 0.795. The highest BCUT2D eigenvalue weighted by Crippen LogP contribution is 2.30. The van der Waals surface area contributed by atoms with Gasteiger partial charge in [0.1, 0.15) is 17.2 Å². The van der Waals surface area contributed by atoms with E-state index in [9.17, 15) is 0 Å². The zero-order valence-electron chi connectivity index (χ0n) is 12.3. The molecule has 0 fully saturated rings. The van der Waals surface area contributed by atoms with E-state index in [4.69, 9.17) is 0 Å². The van der Waals surface area contributed by atoms with Gasteiger partial charge in [-0.05, 0) is 17.0 Å². The molecule has 6 heteroatoms. The fourth-order valence-electron chi connectivity index (χ4n) is 2.41. The molecule has 1 aromatic carbocycles. The summed E-state index contributed by atoms with van der Waals surface area (Å²) in [6.07, 6.45) is 5.52. The van der Waals surface area contributed by atoms with E-state index in [1.54, 1.807) is 29.4 Å². The summed E-state index contributed by atoms with van der Waals surface area (Å²) in [6.45, 7) is 0.842. The molecular weight excluding hydrogens is 324 g/mol. The molecule has 0 bridgehead atoms. The van der Waals surface area contributed by atoms with Crippen LogP contribution in [0, 0.1) is 0 Å². The number of thioether (sulfide) groups is 1. The smallest absolute Gasteiger partial charge is 0.119 e. The van der Waals surface area contributed by atoms with Gasteiger partial charge in [0.05, 0.1) is 16.0 Å². The van der Waals surface area contributed by atoms with Gasteiger partial charge in [0.2, 0.25) is 0 Å². The normalized spacial score (nSPS) is 11.1. The van der Waals surface area contributed by atoms with E-state index < -0.39 is 0 Å². The molecule has 3 aromatic heterocycles. The maximum Gasteiger partial charge on any atom is 0.119 e. The molecule has 0 aliphatic carbocycles. The predicted octanol–water partition coefficient (Wildman–Crippen LogP) is 4.23. The van der Waals surface area contributed by atoms with Gasteiger partial charge in [-0.15, -0.1) is 11.3 Å². The van der Waals surface area contributed by atoms with E-state index in [0.717, 1.165) is 33.4 Å². The van der Waals surface area contributed by atoms with Crippen LogP contribution in [0.15, 0.2) is 65.5 Å². The van der Waals surface area contributed by atoms with E-state index >= 15 is 0 Å². The Hall–Kier alpha value is -2.18. The van der Waals surface area contributed by atoms with Crippen molar-refractivity contribution in [1.82, 2.24) is 19.5 Å². The summed E-state index contributed by atoms with van der Waals surface area (Å²) in [7, 11) is 0. The first-order valence-electron chi connectivity index (χ1n) is 7.25. The molecule has 0 saturated carbocycles. The number of aromatic nitrogens is 4. The second kappa shape index (κ2) is 6.52. The average molecular weight is 338 g/mol. The van der Waals surface area contributed by atoms with Gasteiger partial charge in [0, 0.05) is 18.9 Å². The molecule has 0 amide bonds. The van der Waals surface area contributed by atoms with Crippen molar-refractivity contribution in [2.75, 3.05) is 0 Å². The first-order valence-corrected chi connectivity index (χ1v) is 9.11. The summed E-state index contributed by atoms with van der Waals surface area (Å²) in [4.78, 5) is 13.2. The predicted molar refractivity (Wildman–Crippen MR) is 94.7 cm³/mol. The Balaban J connectivity index is 1.52. The van der Waals surface area contributed by atoms with Gasteiger partial charge < -0.3 is 4.57 Å². The number of rotatable bonds is 5. The van der Waals surface area contributed by atoms with Crippen molar-refractivity contribution in [3.63, 3.8) is 0 Å². The van der Waals surface area contributed by atoms with Crippen LogP contribution in [0.2, 0.25) is 0 Å². The van der Waals surface area contributed by atoms with Crippen LogP contribution in [0.4, 0.5) is 0 Å². The highest BCUT2D eigenvalue weighted by Gasteiger charge is 2.09. The molecular formula is C17H14N4S2. The lowest BCUT2D eigenvalue weighted by Gasteiger charge is -2.08. The second-order valence-corrected chi connectivity index (χ2v) is 6.94. The van der Waals surface area contributed by atoms with E-state index in [2.05, 4.69) is 49.2 Å². The molecule has 0 spiro atoms. The van der Waals surface area contributed by atoms with Crippen molar-refractivity contribution >= 4 is 33.3 Å². The van der Waals surface area contributed by atoms with E-state index in [1.807, 2.05) is 24.5 Å². The van der Waals surface area contributed by atoms with E-state index in [1.165, 1.54) is 5.56 Å². The maximum atomic E-state index is 4.50. The van der Waals surface area contributed by atoms with Gasteiger partial charge in [0.25, 0.3) is 0 Å². The molecule has 0 unspecified atom stereocenters. The molecule has 114 valence electrons. The Labute approximate surface area is 142 Å². The fraction of sp³-hybridized carbons (Fsp3) is 0.118. The van der Waals surface area contributed by atoms with Crippen LogP contribution in [0.25, 0.3) is 10.2 Å². The first-order chi connectivity index (χ1) is 11.4. The van der Waals surface area contributed by atoms with Gasteiger partial charge in [-0.3, -0.25) is 0 Å². The van der Waals surface area contributed by atoms with Crippen LogP contribution in [0.3, 0.4) is 0 Å². The van der Waals surface area contributed by atoms with E-state index in [0.29, 0.717) is 0 Å². The molecule has 0 aliphatic heterocycles. The average Bonchev–Trinajstić information content (AvgIpc) is 3.23. The lowest BCUT2D eigenvalue weighted by atomic mass is 10.2. The lowest BCUT2D eigenvalue weighted by molar-refractivity contribution is 0.756. The zero-order chi connectivity index (χ0) is 15.5. The minimum atomic E-state index is 0.795. The number of fused-ring (bicyclic) bond motifs is 1. The summed E-state index contributed by atoms with van der Waals surface area (Å²) in [6, 6.07) is 12.5. The summed E-state index contributed by atoms with van der Waals surface area (Å²) < 4.78 is 3.34. The molecule has 0 atom stereocenters. The SMILES string of the molecule is c1ccc(Cn2ccnc2CSc2ncnc3ccsc23)cc1. The summed E-state index contributed by atoms with van der Waals surface area (Å²) in [5.74, 6) is 1.85. The van der Waals surface area contributed by atoms with Crippen LogP contribution < -0.4 is 0 Å². The second-order valence-electron chi connectivity index (χ2n) is 5.06. The summed E-state index contributed by atoms with van der Waals surface area (Å²) in [5, 5.41) is 3.08. The molecule has 3 heterocycles. The van der Waals surface area contributed by atoms with Crippen molar-refractivity contribution in [3.8, 4) is 0 Å². The number of thiophene rings is 1. The zero-order valence-corrected chi connectivity index (χ0v) is 13.9. The Bertz CT molecular complexity index is 914. The number of imidazole rings is 1. The molecule has 4 aromatic rings. The molecule has 0 N–H and O–H groups in total.